The Balaban J connectivity index is 1.93. The molecule has 6 heteroatoms. The van der Waals surface area contributed by atoms with Gasteiger partial charge in [0.05, 0.1) is 0 Å². The number of carbonyl (C=O) groups is 1. The third kappa shape index (κ3) is 4.65. The Morgan fingerprint density at radius 1 is 1.26 bits per heavy atom. The Morgan fingerprint density at radius 3 is 2.57 bits per heavy atom. The van der Waals surface area contributed by atoms with Gasteiger partial charge in [-0.15, -0.1) is 0 Å². The molecule has 128 valence electrons. The van der Waals surface area contributed by atoms with Gasteiger partial charge in [-0.05, 0) is 32.5 Å². The molecular formula is C17H29N5O. The van der Waals surface area contributed by atoms with Crippen molar-refractivity contribution in [2.75, 3.05) is 51.6 Å². The summed E-state index contributed by atoms with van der Waals surface area (Å²) < 4.78 is 0. The Bertz CT molecular complexity index is 523. The minimum absolute atomic E-state index is 0.0462. The highest BCUT2D eigenvalue weighted by atomic mass is 16.1. The lowest BCUT2D eigenvalue weighted by molar-refractivity contribution is 0.0614. The van der Waals surface area contributed by atoms with E-state index in [2.05, 4.69) is 46.2 Å². The van der Waals surface area contributed by atoms with Crippen LogP contribution in [0.25, 0.3) is 0 Å². The molecule has 2 N–H and O–H groups in total. The summed E-state index contributed by atoms with van der Waals surface area (Å²) in [6.07, 6.45) is 0. The number of carbonyl (C=O) groups excluding carboxylic acids is 1. The highest BCUT2D eigenvalue weighted by Gasteiger charge is 2.29. The monoisotopic (exact) mass is 319 g/mol. The summed E-state index contributed by atoms with van der Waals surface area (Å²) in [4.78, 5) is 21.0. The van der Waals surface area contributed by atoms with Crippen molar-refractivity contribution in [3.05, 3.63) is 23.9 Å². The van der Waals surface area contributed by atoms with E-state index in [0.717, 1.165) is 45.1 Å². The van der Waals surface area contributed by atoms with E-state index in [4.69, 9.17) is 0 Å². The third-order valence-electron chi connectivity index (χ3n) is 4.59. The molecule has 1 amide bonds. The van der Waals surface area contributed by atoms with Crippen molar-refractivity contribution in [2.24, 2.45) is 0 Å². The van der Waals surface area contributed by atoms with Crippen LogP contribution in [0.1, 0.15) is 31.3 Å². The first-order chi connectivity index (χ1) is 11.0. The van der Waals surface area contributed by atoms with Crippen LogP contribution in [-0.4, -0.2) is 72.5 Å². The molecule has 0 bridgehead atoms. The molecule has 1 aromatic heterocycles. The van der Waals surface area contributed by atoms with Crippen molar-refractivity contribution in [1.82, 2.24) is 20.1 Å². The molecule has 0 saturated carbocycles. The topological polar surface area (TPSA) is 60.5 Å². The molecule has 0 aromatic carbocycles. The smallest absolute Gasteiger partial charge is 0.269 e. The summed E-state index contributed by atoms with van der Waals surface area (Å²) in [5, 5.41) is 5.98. The third-order valence-corrected chi connectivity index (χ3v) is 4.59. The Kier molecular flexibility index (Phi) is 5.96. The molecule has 0 unspecified atom stereocenters. The van der Waals surface area contributed by atoms with Gasteiger partial charge in [0.15, 0.2) is 0 Å². The zero-order valence-corrected chi connectivity index (χ0v) is 14.7. The average molecular weight is 319 g/mol. The molecule has 0 aliphatic carbocycles. The van der Waals surface area contributed by atoms with Crippen molar-refractivity contribution in [1.29, 1.82) is 0 Å². The van der Waals surface area contributed by atoms with Crippen LogP contribution < -0.4 is 10.6 Å². The van der Waals surface area contributed by atoms with E-state index in [1.807, 2.05) is 12.1 Å². The van der Waals surface area contributed by atoms with Crippen LogP contribution in [0, 0.1) is 0 Å². The van der Waals surface area contributed by atoms with Gasteiger partial charge in [-0.2, -0.15) is 0 Å². The highest BCUT2D eigenvalue weighted by molar-refractivity contribution is 5.92. The number of piperazine rings is 1. The van der Waals surface area contributed by atoms with Crippen LogP contribution in [0.2, 0.25) is 0 Å². The second-order valence-electron chi connectivity index (χ2n) is 6.57. The molecule has 0 atom stereocenters. The second kappa shape index (κ2) is 7.75. The van der Waals surface area contributed by atoms with E-state index in [-0.39, 0.29) is 11.4 Å². The molecule has 1 aliphatic heterocycles. The Labute approximate surface area is 139 Å². The summed E-state index contributed by atoms with van der Waals surface area (Å²) in [6.45, 7) is 13.1. The first-order valence-corrected chi connectivity index (χ1v) is 8.36. The van der Waals surface area contributed by atoms with Crippen molar-refractivity contribution < 1.29 is 4.79 Å². The molecule has 1 aromatic rings. The molecule has 2 heterocycles. The van der Waals surface area contributed by atoms with E-state index in [9.17, 15) is 4.79 Å². The molecule has 6 nitrogen and oxygen atoms in total. The molecule has 1 aliphatic rings. The first kappa shape index (κ1) is 17.7. The van der Waals surface area contributed by atoms with Crippen LogP contribution in [-0.2, 0) is 0 Å². The van der Waals surface area contributed by atoms with E-state index in [1.165, 1.54) is 0 Å². The molecule has 23 heavy (non-hydrogen) atoms. The maximum absolute atomic E-state index is 11.7. The van der Waals surface area contributed by atoms with Gasteiger partial charge in [-0.1, -0.05) is 13.0 Å². The van der Waals surface area contributed by atoms with Crippen LogP contribution in [0.3, 0.4) is 0 Å². The maximum Gasteiger partial charge on any atom is 0.269 e. The van der Waals surface area contributed by atoms with E-state index < -0.39 is 0 Å². The SMILES string of the molecule is CCN1CCN(C(C)(C)CNc2cccc(C(=O)NC)n2)CC1. The van der Waals surface area contributed by atoms with E-state index >= 15 is 0 Å². The van der Waals surface area contributed by atoms with Crippen LogP contribution in [0.15, 0.2) is 18.2 Å². The van der Waals surface area contributed by atoms with Gasteiger partial charge in [0.25, 0.3) is 5.91 Å². The van der Waals surface area contributed by atoms with Crippen molar-refractivity contribution in [3.63, 3.8) is 0 Å². The molecule has 1 fully saturated rings. The van der Waals surface area contributed by atoms with Crippen LogP contribution in [0.4, 0.5) is 5.82 Å². The number of nitrogens with one attached hydrogen (secondary N) is 2. The molecule has 1 saturated heterocycles. The standard InChI is InChI=1S/C17H29N5O/c1-5-21-9-11-22(12-10-21)17(2,3)13-19-15-8-6-7-14(20-15)16(23)18-4/h6-8H,5,9-13H2,1-4H3,(H,18,23)(H,19,20). The number of nitrogens with zero attached hydrogens (tertiary/aromatic N) is 3. The summed E-state index contributed by atoms with van der Waals surface area (Å²) >= 11 is 0. The fourth-order valence-corrected chi connectivity index (χ4v) is 2.88. The quantitative estimate of drug-likeness (QED) is 0.827. The number of anilines is 1. The van der Waals surface area contributed by atoms with Gasteiger partial charge in [0.1, 0.15) is 11.5 Å². The summed E-state index contributed by atoms with van der Waals surface area (Å²) in [7, 11) is 1.61. The van der Waals surface area contributed by atoms with Crippen molar-refractivity contribution >= 4 is 11.7 Å². The summed E-state index contributed by atoms with van der Waals surface area (Å²) in [5.74, 6) is 0.579. The van der Waals surface area contributed by atoms with Crippen molar-refractivity contribution in [3.8, 4) is 0 Å². The fraction of sp³-hybridized carbons (Fsp3) is 0.647. The molecule has 2 rings (SSSR count). The lowest BCUT2D eigenvalue weighted by Gasteiger charge is -2.44. The normalized spacial score (nSPS) is 17.0. The van der Waals surface area contributed by atoms with Crippen LogP contribution in [0.5, 0.6) is 0 Å². The second-order valence-corrected chi connectivity index (χ2v) is 6.57. The number of hydrogen-bond acceptors (Lipinski definition) is 5. The lowest BCUT2D eigenvalue weighted by atomic mass is 10.0. The minimum Gasteiger partial charge on any atom is -0.368 e. The fourth-order valence-electron chi connectivity index (χ4n) is 2.88. The number of pyridine rings is 1. The highest BCUT2D eigenvalue weighted by Crippen LogP contribution is 2.18. The Hall–Kier alpha value is -1.66. The van der Waals surface area contributed by atoms with Gasteiger partial charge in [-0.3, -0.25) is 9.69 Å². The maximum atomic E-state index is 11.7. The van der Waals surface area contributed by atoms with Crippen LogP contribution >= 0.6 is 0 Å². The van der Waals surface area contributed by atoms with E-state index in [0.29, 0.717) is 5.69 Å². The zero-order chi connectivity index (χ0) is 16.9. The predicted molar refractivity (Wildman–Crippen MR) is 93.9 cm³/mol. The predicted octanol–water partition coefficient (Wildman–Crippen LogP) is 1.27. The minimum atomic E-state index is -0.163. The summed E-state index contributed by atoms with van der Waals surface area (Å²) in [6, 6.07) is 5.48. The molecule has 0 radical (unpaired) electrons. The van der Waals surface area contributed by atoms with E-state index in [1.54, 1.807) is 13.1 Å². The molecular weight excluding hydrogens is 290 g/mol. The van der Waals surface area contributed by atoms with Gasteiger partial charge in [0, 0.05) is 45.3 Å². The van der Waals surface area contributed by atoms with Gasteiger partial charge < -0.3 is 15.5 Å². The van der Waals surface area contributed by atoms with Crippen molar-refractivity contribution in [2.45, 2.75) is 26.3 Å². The zero-order valence-electron chi connectivity index (χ0n) is 14.7. The number of hydrogen-bond donors (Lipinski definition) is 2. The first-order valence-electron chi connectivity index (χ1n) is 8.36. The number of rotatable bonds is 6. The average Bonchev–Trinajstić information content (AvgIpc) is 2.59. The largest absolute Gasteiger partial charge is 0.368 e. The molecule has 0 spiro atoms. The number of likely N-dealkylation sites (N-methyl/N-ethyl adjacent to an activating group) is 1. The van der Waals surface area contributed by atoms with Gasteiger partial charge in [0.2, 0.25) is 0 Å². The number of amides is 1. The Morgan fingerprint density at radius 2 is 1.96 bits per heavy atom. The van der Waals surface area contributed by atoms with Gasteiger partial charge >= 0.3 is 0 Å². The summed E-state index contributed by atoms with van der Waals surface area (Å²) in [5.41, 5.74) is 0.483. The lowest BCUT2D eigenvalue weighted by Crippen LogP contribution is -2.57. The van der Waals surface area contributed by atoms with Gasteiger partial charge in [-0.25, -0.2) is 4.98 Å². The number of aromatic nitrogens is 1.